The SMILES string of the molecule is C=CC=CC[SiH3]. The second-order valence-electron chi connectivity index (χ2n) is 1.07. The van der Waals surface area contributed by atoms with Crippen LogP contribution < -0.4 is 0 Å². The van der Waals surface area contributed by atoms with Gasteiger partial charge < -0.3 is 0 Å². The van der Waals surface area contributed by atoms with Crippen molar-refractivity contribution in [3.63, 3.8) is 0 Å². The van der Waals surface area contributed by atoms with Crippen LogP contribution in [0.2, 0.25) is 6.04 Å². The molecule has 0 rings (SSSR count). The first kappa shape index (κ1) is 5.70. The zero-order valence-corrected chi connectivity index (χ0v) is 6.15. The Morgan fingerprint density at radius 2 is 2.33 bits per heavy atom. The van der Waals surface area contributed by atoms with Gasteiger partial charge in [0, 0.05) is 10.2 Å². The van der Waals surface area contributed by atoms with Crippen LogP contribution in [0.4, 0.5) is 0 Å². The molecule has 0 nitrogen and oxygen atoms in total. The number of hydrogen-bond acceptors (Lipinski definition) is 0. The topological polar surface area (TPSA) is 0 Å². The van der Waals surface area contributed by atoms with Crippen LogP contribution in [0, 0.1) is 0 Å². The fourth-order valence-electron chi connectivity index (χ4n) is 0.232. The lowest BCUT2D eigenvalue weighted by Crippen LogP contribution is -1.52. The Labute approximate surface area is 42.0 Å². The standard InChI is InChI=1S/C5H10Si/c1-2-3-4-5-6/h2-4H,1,5H2,6H3. The van der Waals surface area contributed by atoms with E-state index in [9.17, 15) is 0 Å². The van der Waals surface area contributed by atoms with Crippen LogP contribution in [-0.2, 0) is 0 Å². The minimum absolute atomic E-state index is 1.24. The Bertz CT molecular complexity index is 55.0. The molecule has 0 saturated carbocycles. The van der Waals surface area contributed by atoms with Crippen LogP contribution in [0.3, 0.4) is 0 Å². The van der Waals surface area contributed by atoms with Crippen LogP contribution >= 0.6 is 0 Å². The molecule has 0 aromatic carbocycles. The molecule has 0 heterocycles. The summed E-state index contributed by atoms with van der Waals surface area (Å²) in [6.07, 6.45) is 5.91. The Hall–Kier alpha value is -0.303. The Morgan fingerprint density at radius 1 is 1.67 bits per heavy atom. The van der Waals surface area contributed by atoms with Gasteiger partial charge in [-0.1, -0.05) is 24.8 Å². The summed E-state index contributed by atoms with van der Waals surface area (Å²) >= 11 is 0. The summed E-state index contributed by atoms with van der Waals surface area (Å²) in [5.41, 5.74) is 0. The molecule has 0 spiro atoms. The second kappa shape index (κ2) is 4.70. The van der Waals surface area contributed by atoms with E-state index in [0.717, 1.165) is 0 Å². The van der Waals surface area contributed by atoms with Crippen molar-refractivity contribution in [1.29, 1.82) is 0 Å². The van der Waals surface area contributed by atoms with Crippen molar-refractivity contribution in [1.82, 2.24) is 0 Å². The maximum atomic E-state index is 3.53. The second-order valence-corrected chi connectivity index (χ2v) is 1.89. The first-order valence-electron chi connectivity index (χ1n) is 2.19. The van der Waals surface area contributed by atoms with Crippen LogP contribution in [0.25, 0.3) is 0 Å². The van der Waals surface area contributed by atoms with Gasteiger partial charge in [-0.2, -0.15) is 0 Å². The van der Waals surface area contributed by atoms with Crippen molar-refractivity contribution in [3.05, 3.63) is 24.8 Å². The lowest BCUT2D eigenvalue weighted by atomic mass is 10.5. The van der Waals surface area contributed by atoms with Crippen molar-refractivity contribution >= 4 is 10.2 Å². The van der Waals surface area contributed by atoms with Gasteiger partial charge in [-0.05, 0) is 6.04 Å². The molecule has 0 saturated heterocycles. The Kier molecular flexibility index (Phi) is 4.46. The van der Waals surface area contributed by atoms with Crippen LogP contribution in [0.5, 0.6) is 0 Å². The molecule has 0 aliphatic rings. The van der Waals surface area contributed by atoms with Gasteiger partial charge in [0.25, 0.3) is 0 Å². The lowest BCUT2D eigenvalue weighted by molar-refractivity contribution is 1.71. The highest BCUT2D eigenvalue weighted by Crippen LogP contribution is 1.74. The van der Waals surface area contributed by atoms with E-state index in [2.05, 4.69) is 12.7 Å². The highest BCUT2D eigenvalue weighted by Gasteiger charge is 1.55. The average Bonchev–Trinajstić information content (AvgIpc) is 1.61. The summed E-state index contributed by atoms with van der Waals surface area (Å²) in [4.78, 5) is 0. The highest BCUT2D eigenvalue weighted by molar-refractivity contribution is 6.09. The van der Waals surface area contributed by atoms with Gasteiger partial charge in [0.2, 0.25) is 0 Å². The van der Waals surface area contributed by atoms with Gasteiger partial charge in [0.05, 0.1) is 0 Å². The first-order chi connectivity index (χ1) is 2.91. The average molecular weight is 98.2 g/mol. The molecule has 0 unspecified atom stereocenters. The van der Waals surface area contributed by atoms with Crippen molar-refractivity contribution < 1.29 is 0 Å². The molecule has 0 aromatic rings. The number of hydrogen-bond donors (Lipinski definition) is 0. The van der Waals surface area contributed by atoms with E-state index in [4.69, 9.17) is 0 Å². The summed E-state index contributed by atoms with van der Waals surface area (Å²) in [7, 11) is 1.27. The van der Waals surface area contributed by atoms with E-state index in [1.54, 1.807) is 6.08 Å². The van der Waals surface area contributed by atoms with Gasteiger partial charge in [-0.25, -0.2) is 0 Å². The third-order valence-electron chi connectivity index (χ3n) is 0.508. The van der Waals surface area contributed by atoms with Crippen molar-refractivity contribution in [2.75, 3.05) is 0 Å². The third-order valence-corrected chi connectivity index (χ3v) is 0.979. The molecule has 6 heavy (non-hydrogen) atoms. The van der Waals surface area contributed by atoms with Crippen molar-refractivity contribution in [2.24, 2.45) is 0 Å². The normalized spacial score (nSPS) is 10.0. The lowest BCUT2D eigenvalue weighted by Gasteiger charge is -1.67. The van der Waals surface area contributed by atoms with E-state index in [-0.39, 0.29) is 0 Å². The fraction of sp³-hybridized carbons (Fsp3) is 0.200. The predicted molar refractivity (Wildman–Crippen MR) is 34.1 cm³/mol. The minimum Gasteiger partial charge on any atom is -0.0991 e. The molecule has 0 aliphatic heterocycles. The zero-order chi connectivity index (χ0) is 4.83. The number of rotatable bonds is 2. The smallest absolute Gasteiger partial charge is 0.00756 e. The fourth-order valence-corrected chi connectivity index (χ4v) is 0.504. The predicted octanol–water partition coefficient (Wildman–Crippen LogP) is 0.512. The number of allylic oxidation sites excluding steroid dienone is 3. The van der Waals surface area contributed by atoms with Gasteiger partial charge in [0.15, 0.2) is 0 Å². The van der Waals surface area contributed by atoms with E-state index in [0.29, 0.717) is 0 Å². The first-order valence-corrected chi connectivity index (χ1v) is 3.60. The van der Waals surface area contributed by atoms with Crippen LogP contribution in [-0.4, -0.2) is 10.2 Å². The molecular weight excluding hydrogens is 88.1 g/mol. The molecule has 0 atom stereocenters. The monoisotopic (exact) mass is 98.1 g/mol. The highest BCUT2D eigenvalue weighted by atomic mass is 28.1. The quantitative estimate of drug-likeness (QED) is 0.349. The van der Waals surface area contributed by atoms with E-state index in [1.165, 1.54) is 16.3 Å². The van der Waals surface area contributed by atoms with Gasteiger partial charge in [-0.15, -0.1) is 0 Å². The summed E-state index contributed by atoms with van der Waals surface area (Å²) in [6.45, 7) is 3.53. The Balaban J connectivity index is 2.94. The van der Waals surface area contributed by atoms with Crippen LogP contribution in [0.15, 0.2) is 24.8 Å². The van der Waals surface area contributed by atoms with Gasteiger partial charge in [0.1, 0.15) is 0 Å². The van der Waals surface area contributed by atoms with Crippen molar-refractivity contribution in [3.8, 4) is 0 Å². The maximum Gasteiger partial charge on any atom is 0.00756 e. The molecular formula is C5H10Si. The summed E-state index contributed by atoms with van der Waals surface area (Å²) in [6, 6.07) is 1.24. The van der Waals surface area contributed by atoms with Gasteiger partial charge in [-0.3, -0.25) is 0 Å². The van der Waals surface area contributed by atoms with E-state index < -0.39 is 0 Å². The molecule has 0 aromatic heterocycles. The molecule has 0 radical (unpaired) electrons. The largest absolute Gasteiger partial charge is 0.0991 e. The summed E-state index contributed by atoms with van der Waals surface area (Å²) in [5, 5.41) is 0. The maximum absolute atomic E-state index is 3.53. The van der Waals surface area contributed by atoms with Gasteiger partial charge >= 0.3 is 0 Å². The molecule has 0 bridgehead atoms. The zero-order valence-electron chi connectivity index (χ0n) is 4.15. The van der Waals surface area contributed by atoms with Crippen molar-refractivity contribution in [2.45, 2.75) is 6.04 Å². The Morgan fingerprint density at radius 3 is 2.50 bits per heavy atom. The molecule has 1 heteroatoms. The summed E-state index contributed by atoms with van der Waals surface area (Å²) in [5.74, 6) is 0. The molecule has 0 N–H and O–H groups in total. The molecule has 0 aliphatic carbocycles. The molecule has 34 valence electrons. The van der Waals surface area contributed by atoms with E-state index >= 15 is 0 Å². The third kappa shape index (κ3) is 3.70. The molecule has 0 amide bonds. The van der Waals surface area contributed by atoms with E-state index in [1.807, 2.05) is 6.08 Å². The summed E-state index contributed by atoms with van der Waals surface area (Å²) < 4.78 is 0. The minimum atomic E-state index is 1.24. The molecule has 0 fully saturated rings. The van der Waals surface area contributed by atoms with Crippen LogP contribution in [0.1, 0.15) is 0 Å².